The van der Waals surface area contributed by atoms with Crippen LogP contribution >= 0.6 is 22.9 Å². The van der Waals surface area contributed by atoms with Crippen LogP contribution in [0.2, 0.25) is 4.34 Å². The summed E-state index contributed by atoms with van der Waals surface area (Å²) in [6.45, 7) is 0. The van der Waals surface area contributed by atoms with Gasteiger partial charge in [0, 0.05) is 0 Å². The second kappa shape index (κ2) is 2.85. The Labute approximate surface area is 61.4 Å². The molecule has 0 fully saturated rings. The number of hydrogen-bond donors (Lipinski definition) is 1. The van der Waals surface area contributed by atoms with Gasteiger partial charge in [-0.1, -0.05) is 16.8 Å². The number of nitrogens with zero attached hydrogens (tertiary/aromatic N) is 1. The third kappa shape index (κ3) is 1.69. The van der Waals surface area contributed by atoms with E-state index in [0.29, 0.717) is 4.34 Å². The number of hydrogen-bond acceptors (Lipinski definition) is 3. The standard InChI is InChI=1S/C5H4ClNOS/c6-5-2-1-4(9-5)3-7-8/h1-3,8H/b7-3+. The smallest absolute Gasteiger partial charge is 0.0935 e. The Kier molecular flexibility index (Phi) is 2.08. The van der Waals surface area contributed by atoms with Crippen molar-refractivity contribution in [1.82, 2.24) is 0 Å². The van der Waals surface area contributed by atoms with E-state index >= 15 is 0 Å². The zero-order chi connectivity index (χ0) is 6.69. The fraction of sp³-hybridized carbons (Fsp3) is 0. The lowest BCUT2D eigenvalue weighted by Gasteiger charge is -1.74. The van der Waals surface area contributed by atoms with E-state index in [4.69, 9.17) is 16.8 Å². The molecule has 0 saturated heterocycles. The maximum absolute atomic E-state index is 8.06. The van der Waals surface area contributed by atoms with E-state index < -0.39 is 0 Å². The topological polar surface area (TPSA) is 32.6 Å². The summed E-state index contributed by atoms with van der Waals surface area (Å²) in [6.07, 6.45) is 1.34. The van der Waals surface area contributed by atoms with Gasteiger partial charge in [-0.3, -0.25) is 0 Å². The molecule has 1 aromatic rings. The SMILES string of the molecule is O/N=C/c1ccc(Cl)s1. The average molecular weight is 162 g/mol. The minimum Gasteiger partial charge on any atom is -0.411 e. The molecular formula is C5H4ClNOS. The van der Waals surface area contributed by atoms with Crippen LogP contribution in [-0.2, 0) is 0 Å². The van der Waals surface area contributed by atoms with Crippen LogP contribution in [0.3, 0.4) is 0 Å². The van der Waals surface area contributed by atoms with Crippen LogP contribution in [0.4, 0.5) is 0 Å². The summed E-state index contributed by atoms with van der Waals surface area (Å²) in [6, 6.07) is 3.54. The number of rotatable bonds is 1. The quantitative estimate of drug-likeness (QED) is 0.382. The van der Waals surface area contributed by atoms with E-state index in [2.05, 4.69) is 5.16 Å². The second-order valence-corrected chi connectivity index (χ2v) is 3.13. The monoisotopic (exact) mass is 161 g/mol. The van der Waals surface area contributed by atoms with Crippen molar-refractivity contribution in [2.45, 2.75) is 0 Å². The highest BCUT2D eigenvalue weighted by Crippen LogP contribution is 2.19. The summed E-state index contributed by atoms with van der Waals surface area (Å²) in [5.74, 6) is 0. The average Bonchev–Trinajstić information content (AvgIpc) is 2.17. The molecule has 0 aliphatic heterocycles. The van der Waals surface area contributed by atoms with Crippen LogP contribution in [0, 0.1) is 0 Å². The van der Waals surface area contributed by atoms with Crippen molar-refractivity contribution in [1.29, 1.82) is 0 Å². The molecule has 1 rings (SSSR count). The van der Waals surface area contributed by atoms with Crippen molar-refractivity contribution < 1.29 is 5.21 Å². The van der Waals surface area contributed by atoms with Gasteiger partial charge in [0.2, 0.25) is 0 Å². The van der Waals surface area contributed by atoms with Crippen LogP contribution in [0.25, 0.3) is 0 Å². The number of halogens is 1. The van der Waals surface area contributed by atoms with E-state index in [0.717, 1.165) is 4.88 Å². The lowest BCUT2D eigenvalue weighted by atomic mass is 10.5. The molecule has 0 spiro atoms. The predicted molar refractivity (Wildman–Crippen MR) is 38.7 cm³/mol. The van der Waals surface area contributed by atoms with E-state index in [1.807, 2.05) is 0 Å². The highest BCUT2D eigenvalue weighted by molar-refractivity contribution is 7.17. The maximum Gasteiger partial charge on any atom is 0.0935 e. The molecule has 4 heteroatoms. The number of thiophene rings is 1. The Morgan fingerprint density at radius 2 is 2.44 bits per heavy atom. The van der Waals surface area contributed by atoms with E-state index in [-0.39, 0.29) is 0 Å². The largest absolute Gasteiger partial charge is 0.411 e. The molecule has 0 radical (unpaired) electrons. The molecular weight excluding hydrogens is 158 g/mol. The van der Waals surface area contributed by atoms with Gasteiger partial charge in [-0.2, -0.15) is 0 Å². The highest BCUT2D eigenvalue weighted by Gasteiger charge is 1.91. The third-order valence-electron chi connectivity index (χ3n) is 0.779. The highest BCUT2D eigenvalue weighted by atomic mass is 35.5. The van der Waals surface area contributed by atoms with Gasteiger partial charge < -0.3 is 5.21 Å². The molecule has 0 aliphatic carbocycles. The predicted octanol–water partition coefficient (Wildman–Crippen LogP) is 2.21. The molecule has 0 aliphatic rings. The molecule has 9 heavy (non-hydrogen) atoms. The summed E-state index contributed by atoms with van der Waals surface area (Å²) >= 11 is 6.94. The summed E-state index contributed by atoms with van der Waals surface area (Å²) in [7, 11) is 0. The van der Waals surface area contributed by atoms with Crippen molar-refractivity contribution in [3.05, 3.63) is 21.3 Å². The van der Waals surface area contributed by atoms with Crippen LogP contribution in [0.15, 0.2) is 17.3 Å². The molecule has 1 heterocycles. The van der Waals surface area contributed by atoms with Crippen LogP contribution in [-0.4, -0.2) is 11.4 Å². The maximum atomic E-state index is 8.06. The fourth-order valence-electron chi connectivity index (χ4n) is 0.455. The molecule has 0 atom stereocenters. The first kappa shape index (κ1) is 6.58. The van der Waals surface area contributed by atoms with Crippen molar-refractivity contribution in [3.63, 3.8) is 0 Å². The lowest BCUT2D eigenvalue weighted by molar-refractivity contribution is 0.322. The molecule has 0 aromatic carbocycles. The van der Waals surface area contributed by atoms with Crippen LogP contribution < -0.4 is 0 Å². The lowest BCUT2D eigenvalue weighted by Crippen LogP contribution is -1.67. The van der Waals surface area contributed by atoms with Gasteiger partial charge in [0.15, 0.2) is 0 Å². The minimum absolute atomic E-state index is 0.699. The van der Waals surface area contributed by atoms with Crippen molar-refractivity contribution >= 4 is 29.2 Å². The number of oxime groups is 1. The molecule has 1 aromatic heterocycles. The molecule has 0 bridgehead atoms. The first-order valence-corrected chi connectivity index (χ1v) is 3.45. The van der Waals surface area contributed by atoms with E-state index in [1.165, 1.54) is 17.6 Å². The van der Waals surface area contributed by atoms with Crippen molar-refractivity contribution in [2.75, 3.05) is 0 Å². The minimum atomic E-state index is 0.699. The van der Waals surface area contributed by atoms with Gasteiger partial charge in [0.1, 0.15) is 0 Å². The summed E-state index contributed by atoms with van der Waals surface area (Å²) in [5.41, 5.74) is 0. The van der Waals surface area contributed by atoms with E-state index in [9.17, 15) is 0 Å². The van der Waals surface area contributed by atoms with Crippen LogP contribution in [0.5, 0.6) is 0 Å². The third-order valence-corrected chi connectivity index (χ3v) is 1.94. The van der Waals surface area contributed by atoms with Crippen molar-refractivity contribution in [2.24, 2.45) is 5.16 Å². The Hall–Kier alpha value is -0.540. The Morgan fingerprint density at radius 3 is 2.89 bits per heavy atom. The van der Waals surface area contributed by atoms with Gasteiger partial charge >= 0.3 is 0 Å². The Bertz CT molecular complexity index is 220. The summed E-state index contributed by atoms with van der Waals surface area (Å²) in [5, 5.41) is 10.9. The van der Waals surface area contributed by atoms with Gasteiger partial charge in [-0.15, -0.1) is 11.3 Å². The van der Waals surface area contributed by atoms with Gasteiger partial charge in [-0.25, -0.2) is 0 Å². The summed E-state index contributed by atoms with van der Waals surface area (Å²) in [4.78, 5) is 0.850. The molecule has 0 saturated carbocycles. The summed E-state index contributed by atoms with van der Waals surface area (Å²) < 4.78 is 0.699. The molecule has 2 nitrogen and oxygen atoms in total. The Morgan fingerprint density at radius 1 is 1.67 bits per heavy atom. The normalized spacial score (nSPS) is 10.8. The Balaban J connectivity index is 2.85. The molecule has 0 amide bonds. The first-order chi connectivity index (χ1) is 4.33. The van der Waals surface area contributed by atoms with Crippen molar-refractivity contribution in [3.8, 4) is 0 Å². The zero-order valence-corrected chi connectivity index (χ0v) is 5.99. The second-order valence-electron chi connectivity index (χ2n) is 1.39. The van der Waals surface area contributed by atoms with Crippen LogP contribution in [0.1, 0.15) is 4.88 Å². The van der Waals surface area contributed by atoms with Gasteiger partial charge in [0.25, 0.3) is 0 Å². The fourth-order valence-corrected chi connectivity index (χ4v) is 1.38. The van der Waals surface area contributed by atoms with Gasteiger partial charge in [-0.05, 0) is 12.1 Å². The zero-order valence-electron chi connectivity index (χ0n) is 4.41. The van der Waals surface area contributed by atoms with E-state index in [1.54, 1.807) is 12.1 Å². The molecule has 0 unspecified atom stereocenters. The molecule has 48 valence electrons. The first-order valence-electron chi connectivity index (χ1n) is 2.25. The van der Waals surface area contributed by atoms with Gasteiger partial charge in [0.05, 0.1) is 15.4 Å². The molecule has 1 N–H and O–H groups in total.